The van der Waals surface area contributed by atoms with Gasteiger partial charge < -0.3 is 9.47 Å². The Kier molecular flexibility index (Phi) is 5.21. The normalized spacial score (nSPS) is 10.5. The van der Waals surface area contributed by atoms with Crippen molar-refractivity contribution in [3.05, 3.63) is 72.3 Å². The van der Waals surface area contributed by atoms with Crippen LogP contribution in [-0.4, -0.2) is 14.2 Å². The molecule has 24 heavy (non-hydrogen) atoms. The Labute approximate surface area is 151 Å². The van der Waals surface area contributed by atoms with Crippen molar-refractivity contribution in [2.75, 3.05) is 14.2 Å². The zero-order chi connectivity index (χ0) is 16.9. The minimum absolute atomic E-state index is 0.804. The van der Waals surface area contributed by atoms with Gasteiger partial charge in [0.1, 0.15) is 11.5 Å². The predicted molar refractivity (Wildman–Crippen MR) is 103 cm³/mol. The molecule has 0 unspecified atom stereocenters. The van der Waals surface area contributed by atoms with Gasteiger partial charge in [0.2, 0.25) is 0 Å². The Morgan fingerprint density at radius 3 is 1.75 bits per heavy atom. The second kappa shape index (κ2) is 7.54. The Bertz CT molecular complexity index is 808. The van der Waals surface area contributed by atoms with Crippen molar-refractivity contribution >= 4 is 15.9 Å². The van der Waals surface area contributed by atoms with E-state index in [1.54, 1.807) is 14.2 Å². The Balaban J connectivity index is 2.15. The van der Waals surface area contributed by atoms with Gasteiger partial charge in [-0.1, -0.05) is 58.4 Å². The molecule has 0 spiro atoms. The number of hydrogen-bond acceptors (Lipinski definition) is 2. The molecular formula is C21H19BrO2. The maximum absolute atomic E-state index is 5.28. The monoisotopic (exact) mass is 382 g/mol. The van der Waals surface area contributed by atoms with E-state index in [4.69, 9.17) is 9.47 Å². The topological polar surface area (TPSA) is 18.5 Å². The number of halogens is 1. The van der Waals surface area contributed by atoms with Crippen molar-refractivity contribution in [3.8, 4) is 33.8 Å². The minimum atomic E-state index is 0.804. The lowest BCUT2D eigenvalue weighted by atomic mass is 9.91. The van der Waals surface area contributed by atoms with Crippen LogP contribution in [0.5, 0.6) is 11.5 Å². The fourth-order valence-electron chi connectivity index (χ4n) is 2.82. The largest absolute Gasteiger partial charge is 0.497 e. The van der Waals surface area contributed by atoms with Crippen LogP contribution >= 0.6 is 15.9 Å². The SMILES string of the molecule is COc1ccc(-c2cccc(CBr)c2-c2ccc(OC)cc2)cc1. The van der Waals surface area contributed by atoms with E-state index in [0.29, 0.717) is 0 Å². The minimum Gasteiger partial charge on any atom is -0.497 e. The molecule has 0 aliphatic heterocycles. The molecule has 0 radical (unpaired) electrons. The summed E-state index contributed by atoms with van der Waals surface area (Å²) in [5.74, 6) is 1.72. The summed E-state index contributed by atoms with van der Waals surface area (Å²) in [4.78, 5) is 0. The molecule has 0 saturated carbocycles. The van der Waals surface area contributed by atoms with Gasteiger partial charge in [0.05, 0.1) is 14.2 Å². The van der Waals surface area contributed by atoms with Gasteiger partial charge in [0.25, 0.3) is 0 Å². The zero-order valence-corrected chi connectivity index (χ0v) is 15.3. The third kappa shape index (κ3) is 3.31. The van der Waals surface area contributed by atoms with Crippen molar-refractivity contribution in [3.63, 3.8) is 0 Å². The van der Waals surface area contributed by atoms with Crippen molar-refractivity contribution < 1.29 is 9.47 Å². The smallest absolute Gasteiger partial charge is 0.118 e. The van der Waals surface area contributed by atoms with Gasteiger partial charge >= 0.3 is 0 Å². The molecule has 0 N–H and O–H groups in total. The van der Waals surface area contributed by atoms with Crippen LogP contribution in [0.3, 0.4) is 0 Å². The van der Waals surface area contributed by atoms with Gasteiger partial charge in [0, 0.05) is 5.33 Å². The average molecular weight is 383 g/mol. The zero-order valence-electron chi connectivity index (χ0n) is 13.8. The second-order valence-electron chi connectivity index (χ2n) is 5.43. The molecule has 3 heteroatoms. The van der Waals surface area contributed by atoms with Crippen LogP contribution < -0.4 is 9.47 Å². The molecular weight excluding hydrogens is 364 g/mol. The first-order chi connectivity index (χ1) is 11.8. The maximum Gasteiger partial charge on any atom is 0.118 e. The van der Waals surface area contributed by atoms with Crippen LogP contribution in [0.25, 0.3) is 22.3 Å². The van der Waals surface area contributed by atoms with E-state index in [1.165, 1.54) is 27.8 Å². The Morgan fingerprint density at radius 2 is 1.25 bits per heavy atom. The third-order valence-electron chi connectivity index (χ3n) is 4.07. The lowest BCUT2D eigenvalue weighted by molar-refractivity contribution is 0.414. The molecule has 3 aromatic rings. The van der Waals surface area contributed by atoms with E-state index in [2.05, 4.69) is 58.4 Å². The highest BCUT2D eigenvalue weighted by molar-refractivity contribution is 9.08. The first-order valence-corrected chi connectivity index (χ1v) is 8.85. The second-order valence-corrected chi connectivity index (χ2v) is 5.99. The molecule has 0 bridgehead atoms. The molecule has 0 atom stereocenters. The van der Waals surface area contributed by atoms with Crippen molar-refractivity contribution in [1.29, 1.82) is 0 Å². The van der Waals surface area contributed by atoms with E-state index < -0.39 is 0 Å². The van der Waals surface area contributed by atoms with Gasteiger partial charge in [-0.3, -0.25) is 0 Å². The van der Waals surface area contributed by atoms with E-state index in [1.807, 2.05) is 24.3 Å². The molecule has 0 aliphatic carbocycles. The van der Waals surface area contributed by atoms with Crippen LogP contribution in [0.2, 0.25) is 0 Å². The lowest BCUT2D eigenvalue weighted by Gasteiger charge is -2.15. The van der Waals surface area contributed by atoms with Crippen LogP contribution in [0.4, 0.5) is 0 Å². The van der Waals surface area contributed by atoms with Crippen molar-refractivity contribution in [1.82, 2.24) is 0 Å². The van der Waals surface area contributed by atoms with Gasteiger partial charge in [0.15, 0.2) is 0 Å². The van der Waals surface area contributed by atoms with Crippen LogP contribution in [0, 0.1) is 0 Å². The fourth-order valence-corrected chi connectivity index (χ4v) is 3.29. The number of rotatable bonds is 5. The standard InChI is InChI=1S/C21H19BrO2/c1-23-18-10-6-15(7-11-18)20-5-3-4-17(14-22)21(20)16-8-12-19(24-2)13-9-16/h3-13H,14H2,1-2H3. The van der Waals surface area contributed by atoms with Gasteiger partial charge in [-0.25, -0.2) is 0 Å². The third-order valence-corrected chi connectivity index (χ3v) is 4.68. The van der Waals surface area contributed by atoms with Crippen LogP contribution in [0.1, 0.15) is 5.56 Å². The summed E-state index contributed by atoms with van der Waals surface area (Å²) < 4.78 is 10.5. The summed E-state index contributed by atoms with van der Waals surface area (Å²) >= 11 is 3.62. The summed E-state index contributed by atoms with van der Waals surface area (Å²) in [5, 5.41) is 0.804. The quantitative estimate of drug-likeness (QED) is 0.508. The van der Waals surface area contributed by atoms with E-state index in [9.17, 15) is 0 Å². The van der Waals surface area contributed by atoms with Crippen molar-refractivity contribution in [2.24, 2.45) is 0 Å². The van der Waals surface area contributed by atoms with E-state index in [0.717, 1.165) is 16.8 Å². The molecule has 3 rings (SSSR count). The molecule has 0 aliphatic rings. The molecule has 0 aromatic heterocycles. The predicted octanol–water partition coefficient (Wildman–Crippen LogP) is 5.93. The summed E-state index contributed by atoms with van der Waals surface area (Å²) in [6.07, 6.45) is 0. The van der Waals surface area contributed by atoms with E-state index in [-0.39, 0.29) is 0 Å². The average Bonchev–Trinajstić information content (AvgIpc) is 2.67. The first-order valence-electron chi connectivity index (χ1n) is 7.73. The summed E-state index contributed by atoms with van der Waals surface area (Å²) in [5.41, 5.74) is 6.05. The number of ether oxygens (including phenoxy) is 2. The summed E-state index contributed by atoms with van der Waals surface area (Å²) in [7, 11) is 3.37. The molecule has 0 heterocycles. The number of benzene rings is 3. The van der Waals surface area contributed by atoms with Crippen LogP contribution in [0.15, 0.2) is 66.7 Å². The highest BCUT2D eigenvalue weighted by Gasteiger charge is 2.12. The Hall–Kier alpha value is -2.26. The maximum atomic E-state index is 5.28. The Morgan fingerprint density at radius 1 is 0.708 bits per heavy atom. The number of hydrogen-bond donors (Lipinski definition) is 0. The molecule has 0 amide bonds. The lowest BCUT2D eigenvalue weighted by Crippen LogP contribution is -1.92. The first kappa shape index (κ1) is 16.6. The van der Waals surface area contributed by atoms with Crippen LogP contribution in [-0.2, 0) is 5.33 Å². The fraction of sp³-hybridized carbons (Fsp3) is 0.143. The van der Waals surface area contributed by atoms with Crippen molar-refractivity contribution in [2.45, 2.75) is 5.33 Å². The van der Waals surface area contributed by atoms with Gasteiger partial charge in [-0.15, -0.1) is 0 Å². The number of alkyl halides is 1. The van der Waals surface area contributed by atoms with E-state index >= 15 is 0 Å². The molecule has 3 aromatic carbocycles. The molecule has 0 fully saturated rings. The summed E-state index contributed by atoms with van der Waals surface area (Å²) in [6, 6.07) is 22.8. The van der Waals surface area contributed by atoms with Gasteiger partial charge in [-0.05, 0) is 52.1 Å². The molecule has 122 valence electrons. The highest BCUT2D eigenvalue weighted by Crippen LogP contribution is 2.37. The summed E-state index contributed by atoms with van der Waals surface area (Å²) in [6.45, 7) is 0. The number of methoxy groups -OCH3 is 2. The van der Waals surface area contributed by atoms with Gasteiger partial charge in [-0.2, -0.15) is 0 Å². The molecule has 0 saturated heterocycles. The molecule has 2 nitrogen and oxygen atoms in total. The highest BCUT2D eigenvalue weighted by atomic mass is 79.9.